The van der Waals surface area contributed by atoms with Crippen molar-refractivity contribution in [2.24, 2.45) is 5.92 Å². The highest BCUT2D eigenvalue weighted by molar-refractivity contribution is 5.95. The molecule has 0 bridgehead atoms. The lowest BCUT2D eigenvalue weighted by molar-refractivity contribution is -0.126. The van der Waals surface area contributed by atoms with Crippen LogP contribution in [0.15, 0.2) is 18.2 Å². The van der Waals surface area contributed by atoms with Crippen LogP contribution in [0.25, 0.3) is 0 Å². The van der Waals surface area contributed by atoms with Crippen LogP contribution in [0.5, 0.6) is 0 Å². The van der Waals surface area contributed by atoms with Crippen LogP contribution in [0.2, 0.25) is 0 Å². The minimum atomic E-state index is -0.102. The Labute approximate surface area is 151 Å². The van der Waals surface area contributed by atoms with Crippen LogP contribution >= 0.6 is 0 Å². The molecule has 2 amide bonds. The van der Waals surface area contributed by atoms with Gasteiger partial charge in [-0.05, 0) is 51.8 Å². The van der Waals surface area contributed by atoms with E-state index in [4.69, 9.17) is 0 Å². The molecule has 1 unspecified atom stereocenters. The molecule has 138 valence electrons. The van der Waals surface area contributed by atoms with Crippen LogP contribution in [-0.4, -0.2) is 49.4 Å². The van der Waals surface area contributed by atoms with E-state index in [1.54, 1.807) is 0 Å². The van der Waals surface area contributed by atoms with Gasteiger partial charge in [0.15, 0.2) is 0 Å². The molecule has 1 aromatic carbocycles. The Morgan fingerprint density at radius 2 is 1.84 bits per heavy atom. The maximum Gasteiger partial charge on any atom is 0.253 e. The number of nitrogens with one attached hydrogen (secondary N) is 2. The van der Waals surface area contributed by atoms with Crippen molar-refractivity contribution < 1.29 is 9.59 Å². The van der Waals surface area contributed by atoms with E-state index in [2.05, 4.69) is 23.6 Å². The third kappa shape index (κ3) is 5.85. The summed E-state index contributed by atoms with van der Waals surface area (Å²) in [6, 6.07) is 5.92. The number of amides is 2. The fourth-order valence-corrected chi connectivity index (χ4v) is 3.38. The molecular weight excluding hydrogens is 314 g/mol. The summed E-state index contributed by atoms with van der Waals surface area (Å²) >= 11 is 0. The Hall–Kier alpha value is -1.88. The van der Waals surface area contributed by atoms with Gasteiger partial charge in [-0.15, -0.1) is 0 Å². The number of hydrogen-bond acceptors (Lipinski definition) is 3. The van der Waals surface area contributed by atoms with Crippen LogP contribution in [-0.2, 0) is 4.79 Å². The van der Waals surface area contributed by atoms with Crippen LogP contribution in [0.1, 0.15) is 47.7 Å². The lowest BCUT2D eigenvalue weighted by atomic mass is 9.96. The summed E-state index contributed by atoms with van der Waals surface area (Å²) < 4.78 is 0. The van der Waals surface area contributed by atoms with Gasteiger partial charge in [-0.3, -0.25) is 9.59 Å². The molecule has 0 saturated carbocycles. The number of carbonyl (C=O) groups excluding carboxylic acids is 2. The molecule has 1 fully saturated rings. The zero-order chi connectivity index (χ0) is 18.2. The summed E-state index contributed by atoms with van der Waals surface area (Å²) in [4.78, 5) is 27.0. The van der Waals surface area contributed by atoms with E-state index >= 15 is 0 Å². The minimum Gasteiger partial charge on any atom is -0.355 e. The van der Waals surface area contributed by atoms with Crippen molar-refractivity contribution in [2.45, 2.75) is 40.0 Å². The smallest absolute Gasteiger partial charge is 0.253 e. The van der Waals surface area contributed by atoms with E-state index in [1.807, 2.05) is 30.9 Å². The van der Waals surface area contributed by atoms with Gasteiger partial charge >= 0.3 is 0 Å². The minimum absolute atomic E-state index is 0.0360. The average Bonchev–Trinajstić information content (AvgIpc) is 2.60. The zero-order valence-corrected chi connectivity index (χ0v) is 15.7. The van der Waals surface area contributed by atoms with Gasteiger partial charge in [-0.2, -0.15) is 0 Å². The summed E-state index contributed by atoms with van der Waals surface area (Å²) in [5.41, 5.74) is 2.91. The molecule has 5 nitrogen and oxygen atoms in total. The first-order valence-electron chi connectivity index (χ1n) is 9.37. The molecule has 0 aliphatic carbocycles. The van der Waals surface area contributed by atoms with Crippen molar-refractivity contribution in [1.82, 2.24) is 15.5 Å². The van der Waals surface area contributed by atoms with Gasteiger partial charge in [0.2, 0.25) is 5.91 Å². The molecule has 1 aliphatic rings. The van der Waals surface area contributed by atoms with Crippen molar-refractivity contribution in [3.8, 4) is 0 Å². The molecule has 1 saturated heterocycles. The van der Waals surface area contributed by atoms with Crippen LogP contribution in [0.3, 0.4) is 0 Å². The number of piperidine rings is 1. The molecule has 0 radical (unpaired) electrons. The lowest BCUT2D eigenvalue weighted by Crippen LogP contribution is -2.46. The van der Waals surface area contributed by atoms with Gasteiger partial charge in [0.1, 0.15) is 0 Å². The summed E-state index contributed by atoms with van der Waals surface area (Å²) in [6.45, 7) is 9.77. The van der Waals surface area contributed by atoms with E-state index in [0.29, 0.717) is 13.1 Å². The average molecular weight is 345 g/mol. The van der Waals surface area contributed by atoms with Crippen molar-refractivity contribution >= 4 is 11.8 Å². The highest BCUT2D eigenvalue weighted by atomic mass is 16.2. The third-order valence-corrected chi connectivity index (χ3v) is 4.58. The quantitative estimate of drug-likeness (QED) is 0.745. The first-order valence-corrected chi connectivity index (χ1v) is 9.37. The van der Waals surface area contributed by atoms with Crippen molar-refractivity contribution in [1.29, 1.82) is 0 Å². The molecular formula is C20H31N3O2. The number of carbonyl (C=O) groups is 2. The Balaban J connectivity index is 1.89. The molecule has 0 spiro atoms. The number of hydrogen-bond donors (Lipinski definition) is 2. The second kappa shape index (κ2) is 9.56. The Bertz CT molecular complexity index is 580. The van der Waals surface area contributed by atoms with E-state index in [1.165, 1.54) is 0 Å². The highest BCUT2D eigenvalue weighted by Gasteiger charge is 2.28. The normalized spacial score (nSPS) is 17.4. The summed E-state index contributed by atoms with van der Waals surface area (Å²) in [7, 11) is 0. The molecule has 0 aromatic heterocycles. The van der Waals surface area contributed by atoms with Crippen molar-refractivity contribution in [2.75, 3.05) is 32.7 Å². The van der Waals surface area contributed by atoms with Crippen LogP contribution in [0.4, 0.5) is 0 Å². The van der Waals surface area contributed by atoms with Gasteiger partial charge in [0.25, 0.3) is 5.91 Å². The maximum atomic E-state index is 12.8. The van der Waals surface area contributed by atoms with Crippen molar-refractivity contribution in [3.05, 3.63) is 34.9 Å². The van der Waals surface area contributed by atoms with Crippen LogP contribution < -0.4 is 10.6 Å². The Morgan fingerprint density at radius 3 is 2.52 bits per heavy atom. The van der Waals surface area contributed by atoms with E-state index in [0.717, 1.165) is 55.6 Å². The fraction of sp³-hybridized carbons (Fsp3) is 0.600. The summed E-state index contributed by atoms with van der Waals surface area (Å²) in [5, 5.41) is 6.26. The van der Waals surface area contributed by atoms with Gasteiger partial charge in [0, 0.05) is 31.7 Å². The fourth-order valence-electron chi connectivity index (χ4n) is 3.38. The molecule has 5 heteroatoms. The topological polar surface area (TPSA) is 61.4 Å². The Morgan fingerprint density at radius 1 is 1.12 bits per heavy atom. The van der Waals surface area contributed by atoms with Crippen LogP contribution in [0, 0.1) is 19.8 Å². The second-order valence-corrected chi connectivity index (χ2v) is 7.01. The Kier molecular flexibility index (Phi) is 7.44. The number of rotatable bonds is 7. The molecule has 2 rings (SSSR count). The molecule has 2 N–H and O–H groups in total. The monoisotopic (exact) mass is 345 g/mol. The van der Waals surface area contributed by atoms with E-state index in [9.17, 15) is 9.59 Å². The zero-order valence-electron chi connectivity index (χ0n) is 15.7. The maximum absolute atomic E-state index is 12.8. The highest BCUT2D eigenvalue weighted by Crippen LogP contribution is 2.20. The number of likely N-dealkylation sites (tertiary alicyclic amines) is 1. The summed E-state index contributed by atoms with van der Waals surface area (Å²) in [5.74, 6) is -0.0000787. The first-order chi connectivity index (χ1) is 12.0. The predicted molar refractivity (Wildman–Crippen MR) is 101 cm³/mol. The largest absolute Gasteiger partial charge is 0.355 e. The molecule has 1 aliphatic heterocycles. The summed E-state index contributed by atoms with van der Waals surface area (Å²) in [6.07, 6.45) is 2.82. The van der Waals surface area contributed by atoms with Gasteiger partial charge < -0.3 is 15.5 Å². The SMILES string of the molecule is CCCNCCNC(=O)C1CCCN(C(=O)c2cc(C)cc(C)c2)C1. The molecule has 1 atom stereocenters. The number of benzene rings is 1. The van der Waals surface area contributed by atoms with E-state index < -0.39 is 0 Å². The van der Waals surface area contributed by atoms with Crippen molar-refractivity contribution in [3.63, 3.8) is 0 Å². The molecule has 1 heterocycles. The van der Waals surface area contributed by atoms with Gasteiger partial charge in [-0.1, -0.05) is 24.1 Å². The second-order valence-electron chi connectivity index (χ2n) is 7.01. The lowest BCUT2D eigenvalue weighted by Gasteiger charge is -2.32. The first kappa shape index (κ1) is 19.4. The van der Waals surface area contributed by atoms with Gasteiger partial charge in [-0.25, -0.2) is 0 Å². The molecule has 25 heavy (non-hydrogen) atoms. The standard InChI is InChI=1S/C20H31N3O2/c1-4-7-21-8-9-22-19(24)17-6-5-10-23(14-17)20(25)18-12-15(2)11-16(3)13-18/h11-13,17,21H,4-10,14H2,1-3H3,(H,22,24). The number of nitrogens with zero attached hydrogens (tertiary/aromatic N) is 1. The third-order valence-electron chi connectivity index (χ3n) is 4.58. The predicted octanol–water partition coefficient (Wildman–Crippen LogP) is 2.27. The number of aryl methyl sites for hydroxylation is 2. The molecule has 1 aromatic rings. The van der Waals surface area contributed by atoms with E-state index in [-0.39, 0.29) is 17.7 Å². The van der Waals surface area contributed by atoms with Gasteiger partial charge in [0.05, 0.1) is 5.92 Å².